The van der Waals surface area contributed by atoms with Crippen LogP contribution in [0, 0.1) is 0 Å². The Kier molecular flexibility index (Phi) is 9.39. The third kappa shape index (κ3) is 6.74. The maximum Gasteiger partial charge on any atom is 0.164 e. The second-order valence-electron chi connectivity index (χ2n) is 17.1. The van der Waals surface area contributed by atoms with Gasteiger partial charge in [0.15, 0.2) is 17.5 Å². The molecule has 4 heterocycles. The lowest BCUT2D eigenvalue weighted by molar-refractivity contribution is 0.979. The van der Waals surface area contributed by atoms with Crippen LogP contribution in [0.4, 0.5) is 0 Å². The molecule has 0 radical (unpaired) electrons. The van der Waals surface area contributed by atoms with E-state index < -0.39 is 0 Å². The lowest BCUT2D eigenvalue weighted by Gasteiger charge is -2.13. The molecular weight excluding hydrogens is 829 g/mol. The summed E-state index contributed by atoms with van der Waals surface area (Å²) >= 11 is 0. The Balaban J connectivity index is 0.904. The Labute approximate surface area is 392 Å². The molecule has 0 spiro atoms. The number of fused-ring (bicyclic) bond motifs is 6. The Bertz CT molecular complexity index is 3920. The van der Waals surface area contributed by atoms with Crippen molar-refractivity contribution in [2.75, 3.05) is 0 Å². The van der Waals surface area contributed by atoms with Crippen molar-refractivity contribution >= 4 is 38.1 Å². The van der Waals surface area contributed by atoms with Crippen molar-refractivity contribution in [3.05, 3.63) is 243 Å². The van der Waals surface area contributed by atoms with Crippen LogP contribution < -0.4 is 0 Å². The van der Waals surface area contributed by atoms with E-state index in [0.717, 1.165) is 83.4 Å². The van der Waals surface area contributed by atoms with E-state index in [4.69, 9.17) is 20.1 Å². The summed E-state index contributed by atoms with van der Waals surface area (Å²) in [5, 5.41) is 10.1. The third-order valence-corrected chi connectivity index (χ3v) is 13.0. The molecule has 0 amide bonds. The quantitative estimate of drug-likeness (QED) is 0.153. The third-order valence-electron chi connectivity index (χ3n) is 13.0. The second kappa shape index (κ2) is 16.3. The van der Waals surface area contributed by atoms with E-state index in [1.54, 1.807) is 0 Å². The number of hydrogen-bond acceptors (Lipinski definition) is 4. The van der Waals surface area contributed by atoms with Gasteiger partial charge in [-0.05, 0) is 70.6 Å². The first-order chi connectivity index (χ1) is 33.7. The van der Waals surface area contributed by atoms with Gasteiger partial charge in [-0.1, -0.05) is 194 Å². The van der Waals surface area contributed by atoms with E-state index >= 15 is 0 Å². The van der Waals surface area contributed by atoms with Gasteiger partial charge in [-0.3, -0.25) is 0 Å². The van der Waals surface area contributed by atoms with E-state index in [1.165, 1.54) is 21.8 Å². The van der Waals surface area contributed by atoms with Gasteiger partial charge in [-0.15, -0.1) is 0 Å². The molecule has 0 aliphatic rings. The number of benzene rings is 9. The highest BCUT2D eigenvalue weighted by Crippen LogP contribution is 2.42. The highest BCUT2D eigenvalue weighted by Gasteiger charge is 2.22. The van der Waals surface area contributed by atoms with Crippen LogP contribution in [-0.2, 0) is 0 Å². The van der Waals surface area contributed by atoms with Crippen molar-refractivity contribution in [2.45, 2.75) is 0 Å². The zero-order valence-electron chi connectivity index (χ0n) is 36.8. The Morgan fingerprint density at radius 1 is 0.309 bits per heavy atom. The summed E-state index contributed by atoms with van der Waals surface area (Å²) in [6, 6.07) is 85.1. The molecule has 9 aromatic carbocycles. The number of pyridine rings is 1. The first-order valence-electron chi connectivity index (χ1n) is 22.9. The number of hydrogen-bond donors (Lipinski definition) is 0. The molecule has 318 valence electrons. The minimum Gasteiger partial charge on any atom is -0.309 e. The summed E-state index contributed by atoms with van der Waals surface area (Å²) in [6.45, 7) is 0. The number of nitrogens with zero attached hydrogens (tertiary/aromatic N) is 6. The topological polar surface area (TPSA) is 60.9 Å². The van der Waals surface area contributed by atoms with Crippen molar-refractivity contribution in [3.8, 4) is 84.6 Å². The first-order valence-corrected chi connectivity index (χ1v) is 22.9. The molecule has 0 aliphatic heterocycles. The molecule has 68 heavy (non-hydrogen) atoms. The van der Waals surface area contributed by atoms with Crippen LogP contribution >= 0.6 is 0 Å². The van der Waals surface area contributed by atoms with Crippen LogP contribution in [0.1, 0.15) is 0 Å². The van der Waals surface area contributed by atoms with Crippen molar-refractivity contribution in [3.63, 3.8) is 0 Å². The lowest BCUT2D eigenvalue weighted by atomic mass is 9.95. The van der Waals surface area contributed by atoms with Crippen molar-refractivity contribution < 1.29 is 0 Å². The fourth-order valence-electron chi connectivity index (χ4n) is 9.74. The van der Waals surface area contributed by atoms with Gasteiger partial charge in [0, 0.05) is 55.2 Å². The van der Waals surface area contributed by atoms with E-state index in [-0.39, 0.29) is 0 Å². The maximum atomic E-state index is 5.39. The molecule has 4 aromatic heterocycles. The lowest BCUT2D eigenvalue weighted by Crippen LogP contribution is -2.00. The molecule has 6 nitrogen and oxygen atoms in total. The van der Waals surface area contributed by atoms with Gasteiger partial charge in [-0.2, -0.15) is 5.10 Å². The first kappa shape index (κ1) is 39.1. The highest BCUT2D eigenvalue weighted by atomic mass is 15.2. The predicted molar refractivity (Wildman–Crippen MR) is 278 cm³/mol. The normalized spacial score (nSPS) is 11.5. The fourth-order valence-corrected chi connectivity index (χ4v) is 9.74. The number of para-hydroxylation sites is 2. The van der Waals surface area contributed by atoms with Crippen LogP contribution in [0.25, 0.3) is 123 Å². The molecule has 0 saturated heterocycles. The van der Waals surface area contributed by atoms with E-state index in [2.05, 4.69) is 221 Å². The molecule has 13 rings (SSSR count). The zero-order valence-corrected chi connectivity index (χ0v) is 36.8. The fraction of sp³-hybridized carbons (Fsp3) is 0. The van der Waals surface area contributed by atoms with Gasteiger partial charge in [0.05, 0.1) is 22.2 Å². The summed E-state index contributed by atoms with van der Waals surface area (Å²) in [7, 11) is 0. The van der Waals surface area contributed by atoms with Gasteiger partial charge >= 0.3 is 0 Å². The summed E-state index contributed by atoms with van der Waals surface area (Å²) < 4.78 is 4.47. The van der Waals surface area contributed by atoms with Crippen molar-refractivity contribution in [2.24, 2.45) is 0 Å². The van der Waals surface area contributed by atoms with Crippen LogP contribution in [-0.4, -0.2) is 29.1 Å². The molecule has 0 saturated carbocycles. The molecular formula is C62H40N6. The molecule has 0 unspecified atom stereocenters. The summed E-state index contributed by atoms with van der Waals surface area (Å²) in [5.74, 6) is 1.86. The Hall–Kier alpha value is -9.26. The van der Waals surface area contributed by atoms with Gasteiger partial charge < -0.3 is 4.57 Å². The van der Waals surface area contributed by atoms with Gasteiger partial charge in [0.1, 0.15) is 5.69 Å². The van der Waals surface area contributed by atoms with E-state index in [0.29, 0.717) is 17.5 Å². The molecule has 13 aromatic rings. The SMILES string of the molecule is c1ccc(-c2nc(-c3ccc(-c4ccc5c(c4)cc(-c4ccccc4)n4nc(-c6ccccc6)c(-c6ccccc6)c54)cc3)nc(-c3ccc(-n4c5ccccc5c5ccccc54)cc3)n2)cc1. The van der Waals surface area contributed by atoms with E-state index in [9.17, 15) is 0 Å². The van der Waals surface area contributed by atoms with Gasteiger partial charge in [0.2, 0.25) is 0 Å². The zero-order chi connectivity index (χ0) is 45.0. The molecule has 0 fully saturated rings. The second-order valence-corrected chi connectivity index (χ2v) is 17.1. The smallest absolute Gasteiger partial charge is 0.164 e. The minimum atomic E-state index is 0.615. The van der Waals surface area contributed by atoms with E-state index in [1.807, 2.05) is 30.3 Å². The van der Waals surface area contributed by atoms with Crippen molar-refractivity contribution in [1.29, 1.82) is 0 Å². The van der Waals surface area contributed by atoms with Crippen molar-refractivity contribution in [1.82, 2.24) is 29.1 Å². The van der Waals surface area contributed by atoms with Gasteiger partial charge in [-0.25, -0.2) is 19.5 Å². The minimum absolute atomic E-state index is 0.615. The van der Waals surface area contributed by atoms with Crippen LogP contribution in [0.15, 0.2) is 243 Å². The molecule has 0 bridgehead atoms. The molecule has 0 N–H and O–H groups in total. The Morgan fingerprint density at radius 3 is 1.32 bits per heavy atom. The molecule has 0 atom stereocenters. The average molecular weight is 869 g/mol. The molecule has 6 heteroatoms. The standard InChI is InChI=1S/C62H40N6/c1-5-17-42(18-6-1)56-40-49-39-48(35-38-51(49)59-57(43-19-7-2-8-20-43)58(66-68(56)59)44-21-9-3-10-22-44)41-29-31-46(32-30-41)61-63-60(45-23-11-4-12-24-45)64-62(65-61)47-33-36-50(37-34-47)67-54-27-15-13-25-52(54)53-26-14-16-28-55(53)67/h1-40H. The monoisotopic (exact) mass is 868 g/mol. The van der Waals surface area contributed by atoms with Crippen LogP contribution in [0.5, 0.6) is 0 Å². The Morgan fingerprint density at radius 2 is 0.750 bits per heavy atom. The summed E-state index contributed by atoms with van der Waals surface area (Å²) in [5.41, 5.74) is 15.9. The highest BCUT2D eigenvalue weighted by molar-refractivity contribution is 6.10. The molecule has 0 aliphatic carbocycles. The number of rotatable bonds is 8. The van der Waals surface area contributed by atoms with Crippen LogP contribution in [0.3, 0.4) is 0 Å². The summed E-state index contributed by atoms with van der Waals surface area (Å²) in [6.07, 6.45) is 0. The predicted octanol–water partition coefficient (Wildman–Crippen LogP) is 15.4. The maximum absolute atomic E-state index is 5.39. The van der Waals surface area contributed by atoms with Gasteiger partial charge in [0.25, 0.3) is 0 Å². The van der Waals surface area contributed by atoms with Crippen LogP contribution in [0.2, 0.25) is 0 Å². The largest absolute Gasteiger partial charge is 0.309 e. The average Bonchev–Trinajstić information content (AvgIpc) is 3.99. The summed E-state index contributed by atoms with van der Waals surface area (Å²) in [4.78, 5) is 15.2. The number of aromatic nitrogens is 6.